The summed E-state index contributed by atoms with van der Waals surface area (Å²) in [6.07, 6.45) is -5.35. The summed E-state index contributed by atoms with van der Waals surface area (Å²) < 4.78 is 27.4. The lowest BCUT2D eigenvalue weighted by molar-refractivity contribution is -0.263. The Bertz CT molecular complexity index is 1210. The molecule has 1 aliphatic heterocycles. The number of pyridine rings is 1. The third-order valence-electron chi connectivity index (χ3n) is 5.36. The predicted octanol–water partition coefficient (Wildman–Crippen LogP) is 1.36. The summed E-state index contributed by atoms with van der Waals surface area (Å²) in [6, 6.07) is 7.24. The topological polar surface area (TPSA) is 156 Å². The van der Waals surface area contributed by atoms with Gasteiger partial charge in [-0.15, -0.1) is 0 Å². The molecule has 12 nitrogen and oxygen atoms in total. The first-order valence-corrected chi connectivity index (χ1v) is 11.4. The highest BCUT2D eigenvalue weighted by molar-refractivity contribution is 6.03. The molecule has 2 heterocycles. The molecule has 0 aliphatic carbocycles. The van der Waals surface area contributed by atoms with Gasteiger partial charge in [0.15, 0.2) is 12.2 Å². The number of carbonyl (C=O) groups is 5. The molecule has 1 N–H and O–H groups in total. The standard InChI is InChI=1S/C25H28N2O10/c1-12-10-18(17-8-6-7-9-19(17)26-12)24(32)37-25-21(27-13(2)28)23(35-16(5)31)22(34-15(4)30)20(36-25)11-33-14(3)29/h6-10,20-23,25H,11H2,1-5H3,(H,27,28)/t20-,21+,22-,23+,25+/m1/s1. The number of hydrogen-bond donors (Lipinski definition) is 1. The van der Waals surface area contributed by atoms with Crippen molar-refractivity contribution in [2.45, 2.75) is 65.3 Å². The average molecular weight is 517 g/mol. The van der Waals surface area contributed by atoms with Gasteiger partial charge in [0.05, 0.1) is 11.1 Å². The van der Waals surface area contributed by atoms with E-state index in [9.17, 15) is 24.0 Å². The van der Waals surface area contributed by atoms with Crippen LogP contribution >= 0.6 is 0 Å². The van der Waals surface area contributed by atoms with Gasteiger partial charge in [0.25, 0.3) is 0 Å². The Balaban J connectivity index is 2.02. The zero-order valence-corrected chi connectivity index (χ0v) is 21.0. The highest BCUT2D eigenvalue weighted by Crippen LogP contribution is 2.29. The lowest BCUT2D eigenvalue weighted by Gasteiger charge is -2.44. The summed E-state index contributed by atoms with van der Waals surface area (Å²) in [6.45, 7) is 5.93. The van der Waals surface area contributed by atoms with Crippen LogP contribution in [0.15, 0.2) is 30.3 Å². The van der Waals surface area contributed by atoms with Crippen molar-refractivity contribution in [3.63, 3.8) is 0 Å². The third-order valence-corrected chi connectivity index (χ3v) is 5.36. The molecule has 0 bridgehead atoms. The van der Waals surface area contributed by atoms with Crippen LogP contribution in [0.2, 0.25) is 0 Å². The Hall–Kier alpha value is -4.06. The first kappa shape index (κ1) is 27.5. The van der Waals surface area contributed by atoms with Crippen LogP contribution in [0.1, 0.15) is 43.7 Å². The van der Waals surface area contributed by atoms with Crippen LogP contribution in [0.4, 0.5) is 0 Å². The minimum Gasteiger partial charge on any atom is -0.463 e. The van der Waals surface area contributed by atoms with E-state index in [2.05, 4.69) is 10.3 Å². The Kier molecular flexibility index (Phi) is 8.77. The van der Waals surface area contributed by atoms with Crippen molar-refractivity contribution in [2.24, 2.45) is 0 Å². The van der Waals surface area contributed by atoms with Gasteiger partial charge in [-0.25, -0.2) is 4.79 Å². The number of nitrogens with zero attached hydrogens (tertiary/aromatic N) is 1. The number of aromatic nitrogens is 1. The number of aryl methyl sites for hydroxylation is 1. The van der Waals surface area contributed by atoms with E-state index in [-0.39, 0.29) is 5.56 Å². The largest absolute Gasteiger partial charge is 0.463 e. The van der Waals surface area contributed by atoms with Crippen molar-refractivity contribution in [1.29, 1.82) is 0 Å². The van der Waals surface area contributed by atoms with Crippen molar-refractivity contribution in [3.05, 3.63) is 41.6 Å². The number of fused-ring (bicyclic) bond motifs is 1. The zero-order chi connectivity index (χ0) is 27.3. The molecule has 198 valence electrons. The highest BCUT2D eigenvalue weighted by Gasteiger charge is 2.52. The van der Waals surface area contributed by atoms with Gasteiger partial charge in [-0.1, -0.05) is 18.2 Å². The minimum absolute atomic E-state index is 0.191. The highest BCUT2D eigenvalue weighted by atomic mass is 16.7. The van der Waals surface area contributed by atoms with Crippen LogP contribution < -0.4 is 5.32 Å². The summed E-state index contributed by atoms with van der Waals surface area (Å²) in [5.74, 6) is -3.51. The quantitative estimate of drug-likeness (QED) is 0.418. The van der Waals surface area contributed by atoms with Crippen LogP contribution in [-0.2, 0) is 42.9 Å². The Morgan fingerprint density at radius 3 is 2.19 bits per heavy atom. The normalized spacial score (nSPS) is 23.0. The molecule has 3 rings (SSSR count). The van der Waals surface area contributed by atoms with Gasteiger partial charge in [0.1, 0.15) is 18.8 Å². The molecule has 37 heavy (non-hydrogen) atoms. The fourth-order valence-corrected chi connectivity index (χ4v) is 4.04. The van der Waals surface area contributed by atoms with E-state index < -0.39 is 67.0 Å². The fourth-order valence-electron chi connectivity index (χ4n) is 4.04. The molecular formula is C25H28N2O10. The summed E-state index contributed by atoms with van der Waals surface area (Å²) in [5.41, 5.74) is 1.32. The zero-order valence-electron chi connectivity index (χ0n) is 21.0. The maximum Gasteiger partial charge on any atom is 0.341 e. The third kappa shape index (κ3) is 7.00. The predicted molar refractivity (Wildman–Crippen MR) is 126 cm³/mol. The van der Waals surface area contributed by atoms with Crippen LogP contribution in [0.3, 0.4) is 0 Å². The maximum atomic E-state index is 13.4. The van der Waals surface area contributed by atoms with E-state index in [1.807, 2.05) is 0 Å². The average Bonchev–Trinajstić information content (AvgIpc) is 2.80. The van der Waals surface area contributed by atoms with E-state index in [0.717, 1.165) is 13.8 Å². The molecule has 0 unspecified atom stereocenters. The number of nitrogens with one attached hydrogen (secondary N) is 1. The molecule has 1 aliphatic rings. The monoisotopic (exact) mass is 516 g/mol. The number of hydrogen-bond acceptors (Lipinski definition) is 11. The van der Waals surface area contributed by atoms with Gasteiger partial charge >= 0.3 is 23.9 Å². The minimum atomic E-state index is -1.51. The molecule has 0 spiro atoms. The van der Waals surface area contributed by atoms with E-state index >= 15 is 0 Å². The Morgan fingerprint density at radius 1 is 0.919 bits per heavy atom. The van der Waals surface area contributed by atoms with Crippen molar-refractivity contribution in [2.75, 3.05) is 6.61 Å². The molecule has 0 radical (unpaired) electrons. The van der Waals surface area contributed by atoms with Crippen LogP contribution in [-0.4, -0.2) is 72.0 Å². The lowest BCUT2D eigenvalue weighted by Crippen LogP contribution is -2.66. The Labute approximate surface area is 212 Å². The molecule has 12 heteroatoms. The van der Waals surface area contributed by atoms with Gasteiger partial charge in [-0.3, -0.25) is 24.2 Å². The second-order valence-electron chi connectivity index (χ2n) is 8.45. The van der Waals surface area contributed by atoms with E-state index in [0.29, 0.717) is 16.6 Å². The van der Waals surface area contributed by atoms with Gasteiger partial charge in [-0.05, 0) is 19.1 Å². The molecule has 1 aromatic heterocycles. The van der Waals surface area contributed by atoms with E-state index in [1.165, 1.54) is 13.8 Å². The molecule has 0 saturated carbocycles. The number of amides is 1. The second-order valence-corrected chi connectivity index (χ2v) is 8.45. The molecule has 1 amide bonds. The molecule has 1 saturated heterocycles. The van der Waals surface area contributed by atoms with Crippen molar-refractivity contribution in [1.82, 2.24) is 10.3 Å². The number of esters is 4. The number of para-hydroxylation sites is 1. The number of rotatable bonds is 7. The molecule has 1 fully saturated rings. The smallest absolute Gasteiger partial charge is 0.341 e. The molecule has 2 aromatic rings. The van der Waals surface area contributed by atoms with Crippen LogP contribution in [0.25, 0.3) is 10.9 Å². The summed E-state index contributed by atoms with van der Waals surface area (Å²) in [5, 5.41) is 3.08. The van der Waals surface area contributed by atoms with Gasteiger partial charge in [0.2, 0.25) is 12.2 Å². The number of benzene rings is 1. The summed E-state index contributed by atoms with van der Waals surface area (Å²) in [4.78, 5) is 65.1. The lowest BCUT2D eigenvalue weighted by atomic mass is 9.96. The van der Waals surface area contributed by atoms with Crippen LogP contribution in [0.5, 0.6) is 0 Å². The fraction of sp³-hybridized carbons (Fsp3) is 0.440. The van der Waals surface area contributed by atoms with Crippen molar-refractivity contribution < 1.29 is 47.7 Å². The Morgan fingerprint density at radius 2 is 1.57 bits per heavy atom. The maximum absolute atomic E-state index is 13.4. The number of carbonyl (C=O) groups excluding carboxylic acids is 5. The van der Waals surface area contributed by atoms with Crippen molar-refractivity contribution in [3.8, 4) is 0 Å². The number of ether oxygens (including phenoxy) is 5. The summed E-state index contributed by atoms with van der Waals surface area (Å²) >= 11 is 0. The van der Waals surface area contributed by atoms with Gasteiger partial charge in [-0.2, -0.15) is 0 Å². The molecule has 5 atom stereocenters. The molecule has 1 aromatic carbocycles. The van der Waals surface area contributed by atoms with Crippen LogP contribution in [0, 0.1) is 6.92 Å². The first-order valence-electron chi connectivity index (χ1n) is 11.4. The SMILES string of the molecule is CC(=O)N[C@@H]1[C@H](OC(=O)c2cc(C)nc3ccccc23)O[C@H](COC(C)=O)[C@@H](OC(C)=O)[C@H]1OC(C)=O. The van der Waals surface area contributed by atoms with E-state index in [4.69, 9.17) is 23.7 Å². The van der Waals surface area contributed by atoms with Gasteiger partial charge in [0, 0.05) is 38.8 Å². The van der Waals surface area contributed by atoms with Crippen molar-refractivity contribution >= 4 is 40.7 Å². The first-order chi connectivity index (χ1) is 17.5. The molecular weight excluding hydrogens is 488 g/mol. The van der Waals surface area contributed by atoms with Gasteiger partial charge < -0.3 is 29.0 Å². The second kappa shape index (κ2) is 11.8. The summed E-state index contributed by atoms with van der Waals surface area (Å²) in [7, 11) is 0. The van der Waals surface area contributed by atoms with E-state index in [1.54, 1.807) is 37.3 Å².